The number of aromatic nitrogens is 2. The molecule has 2 N–H and O–H groups in total. The first kappa shape index (κ1) is 28.6. The Labute approximate surface area is 201 Å². The fraction of sp³-hybridized carbons (Fsp3) is 0.571. The zero-order chi connectivity index (χ0) is 24.4. The number of amides is 1. The third-order valence-electron chi connectivity index (χ3n) is 5.83. The molecule has 0 aliphatic carbocycles. The summed E-state index contributed by atoms with van der Waals surface area (Å²) in [5.41, 5.74) is 0.141. The molecule has 5 nitrogen and oxygen atoms in total. The Kier molecular flexibility index (Phi) is 14.9. The average Bonchev–Trinajstić information content (AvgIpc) is 3.30. The Morgan fingerprint density at radius 1 is 1.09 bits per heavy atom. The molecule has 1 rings (SSSR count). The van der Waals surface area contributed by atoms with Crippen molar-refractivity contribution in [1.82, 2.24) is 15.1 Å². The molecule has 1 unspecified atom stereocenters. The highest BCUT2D eigenvalue weighted by atomic mass is 16.3. The molecule has 0 aliphatic rings. The molecule has 0 aliphatic heterocycles. The molecule has 1 aromatic rings. The molecule has 1 aromatic heterocycles. The van der Waals surface area contributed by atoms with Crippen molar-refractivity contribution in [3.63, 3.8) is 0 Å². The summed E-state index contributed by atoms with van der Waals surface area (Å²) in [4.78, 5) is 11.6. The van der Waals surface area contributed by atoms with Crippen LogP contribution in [0.5, 0.6) is 0 Å². The number of unbranched alkanes of at least 4 members (excludes halogenated alkanes) is 1. The van der Waals surface area contributed by atoms with E-state index >= 15 is 0 Å². The Hall–Kier alpha value is -2.40. The number of hydrogen-bond acceptors (Lipinski definition) is 3. The van der Waals surface area contributed by atoms with Crippen LogP contribution in [0.2, 0.25) is 0 Å². The van der Waals surface area contributed by atoms with Gasteiger partial charge in [-0.2, -0.15) is 5.10 Å². The number of nitrogens with one attached hydrogen (secondary N) is 1. The lowest BCUT2D eigenvalue weighted by Gasteiger charge is -2.31. The molecular weight excluding hydrogens is 410 g/mol. The summed E-state index contributed by atoms with van der Waals surface area (Å²) in [6, 6.07) is 1.82. The zero-order valence-electron chi connectivity index (χ0n) is 21.1. The molecule has 184 valence electrons. The summed E-state index contributed by atoms with van der Waals surface area (Å²) in [7, 11) is 0. The smallest absolute Gasteiger partial charge is 0.220 e. The largest absolute Gasteiger partial charge is 0.394 e. The van der Waals surface area contributed by atoms with Crippen LogP contribution < -0.4 is 5.32 Å². The Balaban J connectivity index is 2.16. The summed E-state index contributed by atoms with van der Waals surface area (Å²) in [6.07, 6.45) is 27.8. The lowest BCUT2D eigenvalue weighted by atomic mass is 9.77. The van der Waals surface area contributed by atoms with Crippen molar-refractivity contribution in [2.24, 2.45) is 11.3 Å². The van der Waals surface area contributed by atoms with Gasteiger partial charge in [0.2, 0.25) is 5.91 Å². The first-order valence-electron chi connectivity index (χ1n) is 12.4. The number of hydrogen-bond donors (Lipinski definition) is 2. The molecule has 1 heterocycles. The van der Waals surface area contributed by atoms with E-state index in [-0.39, 0.29) is 24.0 Å². The first-order valence-corrected chi connectivity index (χ1v) is 12.4. The van der Waals surface area contributed by atoms with E-state index in [1.807, 2.05) is 23.1 Å². The maximum Gasteiger partial charge on any atom is 0.220 e. The van der Waals surface area contributed by atoms with Gasteiger partial charge in [0.05, 0.1) is 6.61 Å². The number of allylic oxidation sites excluding steroid dienone is 8. The van der Waals surface area contributed by atoms with Gasteiger partial charge in [0, 0.05) is 31.4 Å². The molecular formula is C28H45N3O2. The lowest BCUT2D eigenvalue weighted by Crippen LogP contribution is -2.34. The van der Waals surface area contributed by atoms with Crippen molar-refractivity contribution in [2.45, 2.75) is 85.2 Å². The maximum absolute atomic E-state index is 11.6. The highest BCUT2D eigenvalue weighted by molar-refractivity contribution is 5.76. The lowest BCUT2D eigenvalue weighted by molar-refractivity contribution is -0.122. The van der Waals surface area contributed by atoms with Crippen molar-refractivity contribution in [3.8, 4) is 0 Å². The van der Waals surface area contributed by atoms with Gasteiger partial charge in [0.15, 0.2) is 0 Å². The van der Waals surface area contributed by atoms with Crippen molar-refractivity contribution in [3.05, 3.63) is 67.1 Å². The van der Waals surface area contributed by atoms with Crippen LogP contribution >= 0.6 is 0 Å². The quantitative estimate of drug-likeness (QED) is 0.224. The second kappa shape index (κ2) is 17.1. The van der Waals surface area contributed by atoms with Crippen LogP contribution in [0.4, 0.5) is 0 Å². The Morgan fingerprint density at radius 2 is 1.73 bits per heavy atom. The highest BCUT2D eigenvalue weighted by Gasteiger charge is 2.25. The van der Waals surface area contributed by atoms with Crippen molar-refractivity contribution in [2.75, 3.05) is 6.61 Å². The van der Waals surface area contributed by atoms with Gasteiger partial charge in [-0.25, -0.2) is 0 Å². The number of nitrogens with zero attached hydrogens (tertiary/aromatic N) is 2. The second-order valence-electron chi connectivity index (χ2n) is 9.22. The predicted octanol–water partition coefficient (Wildman–Crippen LogP) is 6.00. The number of aliphatic hydroxyl groups excluding tert-OH is 1. The minimum absolute atomic E-state index is 0.00875. The fourth-order valence-corrected chi connectivity index (χ4v) is 3.64. The van der Waals surface area contributed by atoms with Crippen LogP contribution in [0.3, 0.4) is 0 Å². The van der Waals surface area contributed by atoms with Crippen LogP contribution in [0, 0.1) is 11.3 Å². The van der Waals surface area contributed by atoms with E-state index < -0.39 is 0 Å². The summed E-state index contributed by atoms with van der Waals surface area (Å²) < 4.78 is 2.03. The number of aliphatic hydroxyl groups is 1. The molecule has 1 amide bonds. The number of rotatable bonds is 17. The van der Waals surface area contributed by atoms with E-state index in [0.29, 0.717) is 12.3 Å². The van der Waals surface area contributed by atoms with Crippen molar-refractivity contribution < 1.29 is 9.90 Å². The standard InChI is InChI=1S/C28H45N3O2/c1-5-26(23-31-22-18-21-29-31)28(3,4)20-17-15-13-11-9-7-6-8-10-12-14-16-19-27(33)30-25(2)24-32/h6-7,10-13,17-18,20-22,25-26,32H,5,8-9,14-16,19,23-24H2,1-4H3,(H,30,33)/b7-6-,12-10-,13-11-,20-17-/t25-,26?/m1/s1. The highest BCUT2D eigenvalue weighted by Crippen LogP contribution is 2.32. The molecule has 0 saturated heterocycles. The van der Waals surface area contributed by atoms with Crippen molar-refractivity contribution in [1.29, 1.82) is 0 Å². The van der Waals surface area contributed by atoms with Crippen LogP contribution in [-0.2, 0) is 11.3 Å². The van der Waals surface area contributed by atoms with E-state index in [0.717, 1.165) is 45.1 Å². The Morgan fingerprint density at radius 3 is 2.30 bits per heavy atom. The SMILES string of the molecule is CCC(Cn1cccn1)C(C)(C)/C=C\C/C=C\C/C=C\C/C=C\CCCC(=O)N[C@H](C)CO. The Bertz CT molecular complexity index is 745. The fourth-order valence-electron chi connectivity index (χ4n) is 3.64. The van der Waals surface area contributed by atoms with Gasteiger partial charge in [-0.3, -0.25) is 9.48 Å². The van der Waals surface area contributed by atoms with Gasteiger partial charge in [0.1, 0.15) is 0 Å². The maximum atomic E-state index is 11.6. The normalized spacial score (nSPS) is 14.7. The minimum atomic E-state index is -0.165. The van der Waals surface area contributed by atoms with E-state index in [4.69, 9.17) is 5.11 Å². The van der Waals surface area contributed by atoms with Gasteiger partial charge in [-0.15, -0.1) is 0 Å². The average molecular weight is 456 g/mol. The van der Waals surface area contributed by atoms with Gasteiger partial charge in [-0.05, 0) is 56.4 Å². The summed E-state index contributed by atoms with van der Waals surface area (Å²) in [5, 5.41) is 16.0. The molecule has 0 bridgehead atoms. The molecule has 0 spiro atoms. The first-order chi connectivity index (χ1) is 15.9. The van der Waals surface area contributed by atoms with Gasteiger partial charge in [-0.1, -0.05) is 75.8 Å². The third-order valence-corrected chi connectivity index (χ3v) is 5.83. The van der Waals surface area contributed by atoms with Crippen LogP contribution in [-0.4, -0.2) is 33.4 Å². The number of carbonyl (C=O) groups is 1. The molecule has 0 radical (unpaired) electrons. The molecule has 0 saturated carbocycles. The molecule has 5 heteroatoms. The second-order valence-corrected chi connectivity index (χ2v) is 9.22. The molecule has 0 fully saturated rings. The monoisotopic (exact) mass is 455 g/mol. The summed E-state index contributed by atoms with van der Waals surface area (Å²) in [6.45, 7) is 9.61. The van der Waals surface area contributed by atoms with Gasteiger partial charge in [0.25, 0.3) is 0 Å². The van der Waals surface area contributed by atoms with E-state index in [1.54, 1.807) is 6.92 Å². The zero-order valence-corrected chi connectivity index (χ0v) is 21.1. The van der Waals surface area contributed by atoms with Crippen LogP contribution in [0.15, 0.2) is 67.1 Å². The van der Waals surface area contributed by atoms with Crippen molar-refractivity contribution >= 4 is 5.91 Å². The molecule has 2 atom stereocenters. The van der Waals surface area contributed by atoms with Crippen LogP contribution in [0.1, 0.15) is 72.6 Å². The van der Waals surface area contributed by atoms with Crippen LogP contribution in [0.25, 0.3) is 0 Å². The topological polar surface area (TPSA) is 67.2 Å². The molecule has 0 aromatic carbocycles. The molecule has 33 heavy (non-hydrogen) atoms. The minimum Gasteiger partial charge on any atom is -0.394 e. The van der Waals surface area contributed by atoms with E-state index in [9.17, 15) is 4.79 Å². The van der Waals surface area contributed by atoms with E-state index in [2.05, 4.69) is 79.8 Å². The van der Waals surface area contributed by atoms with Gasteiger partial charge >= 0.3 is 0 Å². The number of carbonyl (C=O) groups excluding carboxylic acids is 1. The summed E-state index contributed by atoms with van der Waals surface area (Å²) >= 11 is 0. The predicted molar refractivity (Wildman–Crippen MR) is 139 cm³/mol. The van der Waals surface area contributed by atoms with Gasteiger partial charge < -0.3 is 10.4 Å². The third kappa shape index (κ3) is 13.7. The summed E-state index contributed by atoms with van der Waals surface area (Å²) in [5.74, 6) is 0.565. The van der Waals surface area contributed by atoms with E-state index in [1.165, 1.54) is 0 Å².